The van der Waals surface area contributed by atoms with Crippen molar-refractivity contribution in [1.82, 2.24) is 5.16 Å². The van der Waals surface area contributed by atoms with Crippen LogP contribution in [-0.4, -0.2) is 10.3 Å². The average Bonchev–Trinajstić information content (AvgIpc) is 2.64. The second-order valence-electron chi connectivity index (χ2n) is 2.99. The molecule has 0 saturated carbocycles. The third kappa shape index (κ3) is 2.24. The van der Waals surface area contributed by atoms with E-state index in [-0.39, 0.29) is 12.4 Å². The molecule has 0 fully saturated rings. The molecule has 0 saturated heterocycles. The molecule has 2 rings (SSSR count). The lowest BCUT2D eigenvalue weighted by Gasteiger charge is -1.97. The molecule has 15 heavy (non-hydrogen) atoms. The minimum Gasteiger partial charge on any atom is -0.388 e. The molecule has 0 atom stereocenters. The maximum Gasteiger partial charge on any atom is 0.162 e. The van der Waals surface area contributed by atoms with Crippen molar-refractivity contribution in [2.45, 2.75) is 6.61 Å². The molecule has 0 aliphatic rings. The Kier molecular flexibility index (Phi) is 2.83. The minimum absolute atomic E-state index is 0.219. The van der Waals surface area contributed by atoms with E-state index in [0.29, 0.717) is 21.5 Å². The lowest BCUT2D eigenvalue weighted by molar-refractivity contribution is 0.229. The number of hydrogen-bond donors (Lipinski definition) is 1. The van der Waals surface area contributed by atoms with Crippen LogP contribution in [0.3, 0.4) is 0 Å². The van der Waals surface area contributed by atoms with Crippen LogP contribution < -0.4 is 0 Å². The topological polar surface area (TPSA) is 46.3 Å². The van der Waals surface area contributed by atoms with Crippen LogP contribution in [0.4, 0.5) is 4.39 Å². The van der Waals surface area contributed by atoms with Gasteiger partial charge in [0.1, 0.15) is 18.1 Å². The van der Waals surface area contributed by atoms with Gasteiger partial charge in [-0.05, 0) is 18.2 Å². The molecule has 2 aromatic rings. The highest BCUT2D eigenvalue weighted by molar-refractivity contribution is 9.10. The van der Waals surface area contributed by atoms with E-state index in [0.717, 1.165) is 0 Å². The normalized spacial score (nSPS) is 10.6. The summed E-state index contributed by atoms with van der Waals surface area (Å²) in [5.74, 6) is -0.00157. The molecule has 0 amide bonds. The molecule has 0 spiro atoms. The Morgan fingerprint density at radius 1 is 1.33 bits per heavy atom. The van der Waals surface area contributed by atoms with Crippen LogP contribution in [0.5, 0.6) is 0 Å². The van der Waals surface area contributed by atoms with Gasteiger partial charge in [-0.1, -0.05) is 21.1 Å². The van der Waals surface area contributed by atoms with Crippen LogP contribution in [0.15, 0.2) is 33.3 Å². The highest BCUT2D eigenvalue weighted by atomic mass is 79.9. The first-order chi connectivity index (χ1) is 7.19. The number of aliphatic hydroxyl groups excluding tert-OH is 1. The lowest BCUT2D eigenvalue weighted by atomic mass is 10.1. The standard InChI is InChI=1S/C10H7BrFNO2/c11-7-1-6(2-8(12)3-7)10-4-9(5-14)15-13-10/h1-4,14H,5H2. The van der Waals surface area contributed by atoms with E-state index in [1.54, 1.807) is 12.1 Å². The van der Waals surface area contributed by atoms with Gasteiger partial charge in [0.25, 0.3) is 0 Å². The molecular formula is C10H7BrFNO2. The van der Waals surface area contributed by atoms with E-state index in [2.05, 4.69) is 21.1 Å². The summed E-state index contributed by atoms with van der Waals surface area (Å²) in [5, 5.41) is 12.5. The molecule has 0 unspecified atom stereocenters. The Bertz CT molecular complexity index is 464. The van der Waals surface area contributed by atoms with Gasteiger partial charge in [-0.2, -0.15) is 0 Å². The summed E-state index contributed by atoms with van der Waals surface area (Å²) in [7, 11) is 0. The van der Waals surface area contributed by atoms with Gasteiger partial charge in [0.2, 0.25) is 0 Å². The predicted octanol–water partition coefficient (Wildman–Crippen LogP) is 2.74. The second kappa shape index (κ2) is 4.12. The van der Waals surface area contributed by atoms with E-state index < -0.39 is 0 Å². The maximum absolute atomic E-state index is 13.1. The van der Waals surface area contributed by atoms with Crippen molar-refractivity contribution >= 4 is 15.9 Å². The van der Waals surface area contributed by atoms with Crippen molar-refractivity contribution in [2.24, 2.45) is 0 Å². The maximum atomic E-state index is 13.1. The molecule has 0 aliphatic carbocycles. The highest BCUT2D eigenvalue weighted by Gasteiger charge is 2.07. The smallest absolute Gasteiger partial charge is 0.162 e. The molecule has 1 aromatic carbocycles. The van der Waals surface area contributed by atoms with Crippen LogP contribution in [-0.2, 0) is 6.61 Å². The Morgan fingerprint density at radius 2 is 2.13 bits per heavy atom. The quantitative estimate of drug-likeness (QED) is 0.914. The summed E-state index contributed by atoms with van der Waals surface area (Å²) in [4.78, 5) is 0. The predicted molar refractivity (Wildman–Crippen MR) is 55.5 cm³/mol. The van der Waals surface area contributed by atoms with Gasteiger partial charge < -0.3 is 9.63 Å². The van der Waals surface area contributed by atoms with Crippen LogP contribution in [0.2, 0.25) is 0 Å². The molecule has 0 aliphatic heterocycles. The fraction of sp³-hybridized carbons (Fsp3) is 0.100. The van der Waals surface area contributed by atoms with E-state index >= 15 is 0 Å². The third-order valence-electron chi connectivity index (χ3n) is 1.87. The number of rotatable bonds is 2. The third-order valence-corrected chi connectivity index (χ3v) is 2.33. The van der Waals surface area contributed by atoms with E-state index in [4.69, 9.17) is 9.63 Å². The number of aromatic nitrogens is 1. The van der Waals surface area contributed by atoms with Crippen molar-refractivity contribution < 1.29 is 14.0 Å². The zero-order valence-corrected chi connectivity index (χ0v) is 9.16. The number of benzene rings is 1. The first-order valence-electron chi connectivity index (χ1n) is 4.22. The van der Waals surface area contributed by atoms with Gasteiger partial charge in [0.15, 0.2) is 5.76 Å². The SMILES string of the molecule is OCc1cc(-c2cc(F)cc(Br)c2)no1. The highest BCUT2D eigenvalue weighted by Crippen LogP contribution is 2.24. The summed E-state index contributed by atoms with van der Waals surface area (Å²) in [5.41, 5.74) is 1.10. The average molecular weight is 272 g/mol. The minimum atomic E-state index is -0.354. The summed E-state index contributed by atoms with van der Waals surface area (Å²) in [6.45, 7) is -0.219. The molecule has 5 heteroatoms. The number of nitrogens with zero attached hydrogens (tertiary/aromatic N) is 1. The van der Waals surface area contributed by atoms with Gasteiger partial charge in [-0.3, -0.25) is 0 Å². The van der Waals surface area contributed by atoms with Crippen LogP contribution in [0.25, 0.3) is 11.3 Å². The van der Waals surface area contributed by atoms with Gasteiger partial charge >= 0.3 is 0 Å². The second-order valence-corrected chi connectivity index (χ2v) is 3.91. The Balaban J connectivity index is 2.44. The number of aliphatic hydroxyl groups is 1. The molecule has 78 valence electrons. The Labute approximate surface area is 93.6 Å². The molecular weight excluding hydrogens is 265 g/mol. The van der Waals surface area contributed by atoms with Crippen molar-refractivity contribution in [3.8, 4) is 11.3 Å². The zero-order valence-electron chi connectivity index (χ0n) is 7.58. The first-order valence-corrected chi connectivity index (χ1v) is 5.01. The Hall–Kier alpha value is -1.20. The van der Waals surface area contributed by atoms with E-state index in [1.807, 2.05) is 0 Å². The zero-order chi connectivity index (χ0) is 10.8. The molecule has 1 heterocycles. The first kappa shape index (κ1) is 10.3. The number of halogens is 2. The molecule has 3 nitrogen and oxygen atoms in total. The van der Waals surface area contributed by atoms with Gasteiger partial charge in [-0.25, -0.2) is 4.39 Å². The van der Waals surface area contributed by atoms with Gasteiger partial charge in [0, 0.05) is 16.1 Å². The van der Waals surface area contributed by atoms with Crippen LogP contribution >= 0.6 is 15.9 Å². The number of hydrogen-bond acceptors (Lipinski definition) is 3. The van der Waals surface area contributed by atoms with Gasteiger partial charge in [-0.15, -0.1) is 0 Å². The molecule has 0 bridgehead atoms. The van der Waals surface area contributed by atoms with Crippen molar-refractivity contribution in [2.75, 3.05) is 0 Å². The molecule has 1 N–H and O–H groups in total. The van der Waals surface area contributed by atoms with E-state index in [1.165, 1.54) is 12.1 Å². The molecule has 0 radical (unpaired) electrons. The summed E-state index contributed by atoms with van der Waals surface area (Å²) in [6.07, 6.45) is 0. The summed E-state index contributed by atoms with van der Waals surface area (Å²) >= 11 is 3.19. The van der Waals surface area contributed by atoms with Crippen LogP contribution in [0, 0.1) is 5.82 Å². The lowest BCUT2D eigenvalue weighted by Crippen LogP contribution is -1.80. The molecule has 1 aromatic heterocycles. The largest absolute Gasteiger partial charge is 0.388 e. The summed E-state index contributed by atoms with van der Waals surface area (Å²) in [6, 6.07) is 6.00. The van der Waals surface area contributed by atoms with Gasteiger partial charge in [0.05, 0.1) is 0 Å². The van der Waals surface area contributed by atoms with Crippen molar-refractivity contribution in [1.29, 1.82) is 0 Å². The van der Waals surface area contributed by atoms with Crippen molar-refractivity contribution in [3.63, 3.8) is 0 Å². The fourth-order valence-electron chi connectivity index (χ4n) is 1.23. The fourth-order valence-corrected chi connectivity index (χ4v) is 1.69. The van der Waals surface area contributed by atoms with Crippen LogP contribution in [0.1, 0.15) is 5.76 Å². The van der Waals surface area contributed by atoms with Crippen molar-refractivity contribution in [3.05, 3.63) is 40.3 Å². The monoisotopic (exact) mass is 271 g/mol. The van der Waals surface area contributed by atoms with E-state index in [9.17, 15) is 4.39 Å². The Morgan fingerprint density at radius 3 is 2.73 bits per heavy atom. The summed E-state index contributed by atoms with van der Waals surface area (Å²) < 4.78 is 18.5.